The number of hydrogen-bond acceptors (Lipinski definition) is 0. The molecule has 0 aromatic heterocycles. The van der Waals surface area contributed by atoms with Crippen molar-refractivity contribution in [2.45, 2.75) is 40.0 Å². The van der Waals surface area contributed by atoms with Crippen molar-refractivity contribution in [1.29, 1.82) is 0 Å². The van der Waals surface area contributed by atoms with Gasteiger partial charge in [0.05, 0.1) is 0 Å². The highest BCUT2D eigenvalue weighted by Gasteiger charge is 2.14. The lowest BCUT2D eigenvalue weighted by Gasteiger charge is -2.20. The predicted molar refractivity (Wildman–Crippen MR) is 89.7 cm³/mol. The summed E-state index contributed by atoms with van der Waals surface area (Å²) >= 11 is 0. The lowest BCUT2D eigenvalue weighted by Crippen LogP contribution is -2.11. The molecule has 1 aliphatic rings. The van der Waals surface area contributed by atoms with Crippen LogP contribution in [0.2, 0.25) is 0 Å². The normalized spacial score (nSPS) is 28.9. The first-order chi connectivity index (χ1) is 9.36. The van der Waals surface area contributed by atoms with Crippen molar-refractivity contribution >= 4 is 5.57 Å². The maximum Gasteiger partial charge on any atom is -0.00725 e. The van der Waals surface area contributed by atoms with Crippen LogP contribution in [0.5, 0.6) is 0 Å². The van der Waals surface area contributed by atoms with Gasteiger partial charge >= 0.3 is 0 Å². The molecule has 0 heteroatoms. The van der Waals surface area contributed by atoms with E-state index < -0.39 is 0 Å². The van der Waals surface area contributed by atoms with E-state index in [-0.39, 0.29) is 5.41 Å². The number of rotatable bonds is 1. The molecule has 2 atom stereocenters. The van der Waals surface area contributed by atoms with E-state index in [1.54, 1.807) is 0 Å². The summed E-state index contributed by atoms with van der Waals surface area (Å²) in [6, 6.07) is 8.95. The van der Waals surface area contributed by atoms with Crippen molar-refractivity contribution in [2.24, 2.45) is 11.8 Å². The van der Waals surface area contributed by atoms with Crippen LogP contribution in [-0.2, 0) is 5.41 Å². The summed E-state index contributed by atoms with van der Waals surface area (Å²) in [6.45, 7) is 11.3. The van der Waals surface area contributed by atoms with Gasteiger partial charge in [0, 0.05) is 0 Å². The van der Waals surface area contributed by atoms with E-state index in [9.17, 15) is 0 Å². The van der Waals surface area contributed by atoms with Gasteiger partial charge < -0.3 is 0 Å². The molecule has 0 spiro atoms. The lowest BCUT2D eigenvalue weighted by molar-refractivity contribution is 0.590. The van der Waals surface area contributed by atoms with Crippen molar-refractivity contribution in [3.8, 4) is 0 Å². The molecule has 0 saturated heterocycles. The van der Waals surface area contributed by atoms with E-state index in [4.69, 9.17) is 0 Å². The van der Waals surface area contributed by atoms with Crippen LogP contribution < -0.4 is 0 Å². The average Bonchev–Trinajstić information content (AvgIpc) is 2.38. The average molecular weight is 266 g/mol. The Morgan fingerprint density at radius 1 is 0.900 bits per heavy atom. The molecule has 2 unspecified atom stereocenters. The van der Waals surface area contributed by atoms with Crippen LogP contribution >= 0.6 is 0 Å². The molecule has 0 fully saturated rings. The molecule has 0 heterocycles. The Kier molecular flexibility index (Phi) is 4.32. The highest BCUT2D eigenvalue weighted by molar-refractivity contribution is 5.75. The molecule has 0 radical (unpaired) electrons. The van der Waals surface area contributed by atoms with E-state index >= 15 is 0 Å². The van der Waals surface area contributed by atoms with Gasteiger partial charge in [0.25, 0.3) is 0 Å². The molecule has 0 amide bonds. The monoisotopic (exact) mass is 266 g/mol. The third-order valence-corrected chi connectivity index (χ3v) is 3.80. The van der Waals surface area contributed by atoms with Crippen molar-refractivity contribution in [2.75, 3.05) is 0 Å². The SMILES string of the molecule is CC1/C=C\C(c2cccc(C(C)(C)C)c2)=C/C(C)/C=C\1. The zero-order chi connectivity index (χ0) is 14.8. The van der Waals surface area contributed by atoms with Crippen molar-refractivity contribution in [3.05, 3.63) is 65.8 Å². The smallest absolute Gasteiger partial charge is 0.00725 e. The molecule has 106 valence electrons. The summed E-state index contributed by atoms with van der Waals surface area (Å²) in [5.41, 5.74) is 4.24. The molecule has 0 bridgehead atoms. The summed E-state index contributed by atoms with van der Waals surface area (Å²) in [7, 11) is 0. The van der Waals surface area contributed by atoms with E-state index in [0.29, 0.717) is 11.8 Å². The van der Waals surface area contributed by atoms with Gasteiger partial charge in [0.15, 0.2) is 0 Å². The van der Waals surface area contributed by atoms with Crippen molar-refractivity contribution < 1.29 is 0 Å². The van der Waals surface area contributed by atoms with Crippen LogP contribution in [0.4, 0.5) is 0 Å². The Hall–Kier alpha value is -1.56. The van der Waals surface area contributed by atoms with Gasteiger partial charge in [-0.2, -0.15) is 0 Å². The molecular weight excluding hydrogens is 240 g/mol. The second-order valence-corrected chi connectivity index (χ2v) is 6.92. The quantitative estimate of drug-likeness (QED) is 0.566. The maximum atomic E-state index is 2.35. The summed E-state index contributed by atoms with van der Waals surface area (Å²) in [5.74, 6) is 0.989. The minimum absolute atomic E-state index is 0.195. The van der Waals surface area contributed by atoms with Crippen LogP contribution in [-0.4, -0.2) is 0 Å². The number of allylic oxidation sites excluding steroid dienone is 6. The summed E-state index contributed by atoms with van der Waals surface area (Å²) in [6.07, 6.45) is 11.5. The molecule has 0 saturated carbocycles. The fourth-order valence-electron chi connectivity index (χ4n) is 2.42. The number of hydrogen-bond donors (Lipinski definition) is 0. The maximum absolute atomic E-state index is 2.35. The van der Waals surface area contributed by atoms with E-state index in [0.717, 1.165) is 0 Å². The fourth-order valence-corrected chi connectivity index (χ4v) is 2.42. The molecule has 2 rings (SSSR count). The Balaban J connectivity index is 2.42. The first kappa shape index (κ1) is 14.8. The van der Waals surface area contributed by atoms with Crippen LogP contribution in [0.3, 0.4) is 0 Å². The van der Waals surface area contributed by atoms with Gasteiger partial charge in [-0.25, -0.2) is 0 Å². The minimum atomic E-state index is 0.195. The second-order valence-electron chi connectivity index (χ2n) is 6.92. The Morgan fingerprint density at radius 3 is 2.30 bits per heavy atom. The third-order valence-electron chi connectivity index (χ3n) is 3.80. The third kappa shape index (κ3) is 3.72. The molecule has 1 aromatic carbocycles. The van der Waals surface area contributed by atoms with Gasteiger partial charge in [-0.3, -0.25) is 0 Å². The Bertz CT molecular complexity index is 550. The summed E-state index contributed by atoms with van der Waals surface area (Å²) in [5, 5.41) is 0. The molecule has 1 aromatic rings. The largest absolute Gasteiger partial charge is 0.0813 e. The number of benzene rings is 1. The zero-order valence-corrected chi connectivity index (χ0v) is 13.4. The fraction of sp³-hybridized carbons (Fsp3) is 0.400. The molecular formula is C20H26. The van der Waals surface area contributed by atoms with E-state index in [1.807, 2.05) is 0 Å². The lowest BCUT2D eigenvalue weighted by atomic mass is 9.85. The van der Waals surface area contributed by atoms with Crippen molar-refractivity contribution in [1.82, 2.24) is 0 Å². The molecule has 0 N–H and O–H groups in total. The van der Waals surface area contributed by atoms with Gasteiger partial charge in [-0.15, -0.1) is 0 Å². The first-order valence-electron chi connectivity index (χ1n) is 7.55. The Morgan fingerprint density at radius 2 is 1.60 bits per heavy atom. The highest BCUT2D eigenvalue weighted by Crippen LogP contribution is 2.28. The minimum Gasteiger partial charge on any atom is -0.0813 e. The second kappa shape index (κ2) is 5.83. The summed E-state index contributed by atoms with van der Waals surface area (Å²) < 4.78 is 0. The van der Waals surface area contributed by atoms with Crippen LogP contribution in [0.1, 0.15) is 45.7 Å². The van der Waals surface area contributed by atoms with Crippen LogP contribution in [0.15, 0.2) is 54.6 Å². The highest BCUT2D eigenvalue weighted by atomic mass is 14.2. The molecule has 20 heavy (non-hydrogen) atoms. The summed E-state index contributed by atoms with van der Waals surface area (Å²) in [4.78, 5) is 0. The molecule has 0 nitrogen and oxygen atoms in total. The van der Waals surface area contributed by atoms with Crippen LogP contribution in [0, 0.1) is 11.8 Å². The first-order valence-corrected chi connectivity index (χ1v) is 7.55. The standard InChI is InChI=1S/C20H26/c1-15-9-10-16(2)13-18(12-11-15)17-7-6-8-19(14-17)20(3,4)5/h6-16H,1-5H3/b10-9-,12-11-,18-13+. The molecule has 1 aliphatic carbocycles. The van der Waals surface area contributed by atoms with Gasteiger partial charge in [-0.05, 0) is 34.0 Å². The van der Waals surface area contributed by atoms with Gasteiger partial charge in [0.2, 0.25) is 0 Å². The molecule has 0 aliphatic heterocycles. The van der Waals surface area contributed by atoms with Crippen molar-refractivity contribution in [3.63, 3.8) is 0 Å². The Labute approximate surface area is 123 Å². The van der Waals surface area contributed by atoms with E-state index in [1.165, 1.54) is 16.7 Å². The zero-order valence-electron chi connectivity index (χ0n) is 13.4. The van der Waals surface area contributed by atoms with E-state index in [2.05, 4.69) is 89.3 Å². The van der Waals surface area contributed by atoms with Crippen LogP contribution in [0.25, 0.3) is 5.57 Å². The topological polar surface area (TPSA) is 0 Å². The van der Waals surface area contributed by atoms with Gasteiger partial charge in [0.1, 0.15) is 0 Å². The van der Waals surface area contributed by atoms with Gasteiger partial charge in [-0.1, -0.05) is 89.3 Å². The predicted octanol–water partition coefficient (Wildman–Crippen LogP) is 5.77.